The average Bonchev–Trinajstić information content (AvgIpc) is 2.67. The summed E-state index contributed by atoms with van der Waals surface area (Å²) in [5.74, 6) is 1.04. The molecule has 0 atom stereocenters. The highest BCUT2D eigenvalue weighted by atomic mass is 35.5. The van der Waals surface area contributed by atoms with Crippen molar-refractivity contribution in [1.82, 2.24) is 15.2 Å². The van der Waals surface area contributed by atoms with Crippen LogP contribution in [0.2, 0.25) is 5.02 Å². The number of rotatable bonds is 6. The summed E-state index contributed by atoms with van der Waals surface area (Å²) in [7, 11) is 0. The Morgan fingerprint density at radius 3 is 2.69 bits per heavy atom. The molecular weight excluding hydrogens is 390 g/mol. The van der Waals surface area contributed by atoms with Crippen LogP contribution in [0, 0.1) is 0 Å². The van der Waals surface area contributed by atoms with Gasteiger partial charge in [-0.25, -0.2) is 9.89 Å². The van der Waals surface area contributed by atoms with Crippen molar-refractivity contribution in [2.75, 3.05) is 5.43 Å². The van der Waals surface area contributed by atoms with Gasteiger partial charge < -0.3 is 4.74 Å². The summed E-state index contributed by atoms with van der Waals surface area (Å²) in [5.41, 5.74) is 4.46. The fourth-order valence-corrected chi connectivity index (χ4v) is 2.66. The third kappa shape index (κ3) is 5.89. The van der Waals surface area contributed by atoms with Crippen LogP contribution in [0.1, 0.15) is 37.6 Å². The molecule has 0 aliphatic carbocycles. The Labute approximate surface area is 173 Å². The number of ether oxygens (including phenoxy) is 1. The van der Waals surface area contributed by atoms with E-state index in [0.29, 0.717) is 23.1 Å². The van der Waals surface area contributed by atoms with Gasteiger partial charge in [0.1, 0.15) is 18.1 Å². The fraction of sp³-hybridized carbons (Fsp3) is 0.238. The second-order valence-electron chi connectivity index (χ2n) is 7.45. The molecule has 8 heteroatoms. The summed E-state index contributed by atoms with van der Waals surface area (Å²) < 4.78 is 5.82. The smallest absolute Gasteiger partial charge is 0.363 e. The van der Waals surface area contributed by atoms with Crippen LogP contribution in [0.15, 0.2) is 58.4 Å². The van der Waals surface area contributed by atoms with Crippen LogP contribution < -0.4 is 15.9 Å². The minimum Gasteiger partial charge on any atom is -0.489 e. The lowest BCUT2D eigenvalue weighted by Crippen LogP contribution is -2.24. The molecule has 0 bridgehead atoms. The Kier molecular flexibility index (Phi) is 6.29. The van der Waals surface area contributed by atoms with Gasteiger partial charge in [-0.3, -0.25) is 5.43 Å². The van der Waals surface area contributed by atoms with Crippen LogP contribution in [-0.2, 0) is 12.0 Å². The van der Waals surface area contributed by atoms with Crippen molar-refractivity contribution in [3.63, 3.8) is 0 Å². The molecule has 29 heavy (non-hydrogen) atoms. The predicted octanol–water partition coefficient (Wildman–Crippen LogP) is 4.14. The SMILES string of the molecule is CC(C)(C)c1n[nH]c(=O)nc1N/N=C/c1cccc(OCc2ccc(Cl)cc2)c1. The quantitative estimate of drug-likeness (QED) is 0.469. The van der Waals surface area contributed by atoms with E-state index in [9.17, 15) is 4.79 Å². The van der Waals surface area contributed by atoms with E-state index in [-0.39, 0.29) is 5.41 Å². The first-order chi connectivity index (χ1) is 13.8. The molecule has 3 rings (SSSR count). The van der Waals surface area contributed by atoms with Crippen molar-refractivity contribution >= 4 is 23.6 Å². The van der Waals surface area contributed by atoms with Crippen LogP contribution in [-0.4, -0.2) is 21.4 Å². The zero-order valence-corrected chi connectivity index (χ0v) is 17.2. The van der Waals surface area contributed by atoms with Crippen molar-refractivity contribution in [2.45, 2.75) is 32.8 Å². The van der Waals surface area contributed by atoms with Crippen LogP contribution in [0.5, 0.6) is 5.75 Å². The van der Waals surface area contributed by atoms with E-state index in [1.807, 2.05) is 69.3 Å². The highest BCUT2D eigenvalue weighted by Gasteiger charge is 2.21. The molecule has 2 aromatic carbocycles. The van der Waals surface area contributed by atoms with Gasteiger partial charge in [-0.1, -0.05) is 56.6 Å². The molecule has 0 saturated heterocycles. The molecule has 0 saturated carbocycles. The van der Waals surface area contributed by atoms with Gasteiger partial charge in [-0.15, -0.1) is 0 Å². The topological polar surface area (TPSA) is 92.3 Å². The van der Waals surface area contributed by atoms with Crippen LogP contribution in [0.4, 0.5) is 5.82 Å². The zero-order valence-electron chi connectivity index (χ0n) is 16.4. The molecule has 0 spiro atoms. The van der Waals surface area contributed by atoms with Gasteiger partial charge in [0, 0.05) is 10.4 Å². The largest absolute Gasteiger partial charge is 0.489 e. The number of halogens is 1. The van der Waals surface area contributed by atoms with E-state index in [4.69, 9.17) is 16.3 Å². The number of aromatic amines is 1. The number of aromatic nitrogens is 3. The number of nitrogens with one attached hydrogen (secondary N) is 2. The summed E-state index contributed by atoms with van der Waals surface area (Å²) in [6.07, 6.45) is 1.63. The Morgan fingerprint density at radius 2 is 1.97 bits per heavy atom. The first-order valence-electron chi connectivity index (χ1n) is 9.05. The molecule has 150 valence electrons. The lowest BCUT2D eigenvalue weighted by Gasteiger charge is -2.18. The predicted molar refractivity (Wildman–Crippen MR) is 115 cm³/mol. The van der Waals surface area contributed by atoms with E-state index in [1.165, 1.54) is 0 Å². The van der Waals surface area contributed by atoms with Gasteiger partial charge in [0.25, 0.3) is 0 Å². The molecule has 0 aliphatic rings. The lowest BCUT2D eigenvalue weighted by molar-refractivity contribution is 0.306. The number of hydrogen-bond donors (Lipinski definition) is 2. The van der Waals surface area contributed by atoms with Gasteiger partial charge in [0.15, 0.2) is 5.82 Å². The van der Waals surface area contributed by atoms with Gasteiger partial charge in [0.05, 0.1) is 6.21 Å². The summed E-state index contributed by atoms with van der Waals surface area (Å²) >= 11 is 5.90. The van der Waals surface area contributed by atoms with Crippen molar-refractivity contribution < 1.29 is 4.74 Å². The molecule has 0 fully saturated rings. The Hall–Kier alpha value is -3.19. The van der Waals surface area contributed by atoms with Gasteiger partial charge in [-0.05, 0) is 35.4 Å². The number of H-pyrrole nitrogens is 1. The molecule has 7 nitrogen and oxygen atoms in total. The van der Waals surface area contributed by atoms with E-state index in [1.54, 1.807) is 6.21 Å². The summed E-state index contributed by atoms with van der Waals surface area (Å²) in [6.45, 7) is 6.37. The van der Waals surface area contributed by atoms with Crippen molar-refractivity contribution in [1.29, 1.82) is 0 Å². The molecule has 2 N–H and O–H groups in total. The molecule has 0 amide bonds. The normalized spacial score (nSPS) is 11.6. The third-order valence-corrected chi connectivity index (χ3v) is 4.22. The number of benzene rings is 2. The fourth-order valence-electron chi connectivity index (χ4n) is 2.54. The van der Waals surface area contributed by atoms with E-state index in [0.717, 1.165) is 16.9 Å². The second kappa shape index (κ2) is 8.87. The number of hydrogen-bond acceptors (Lipinski definition) is 6. The van der Waals surface area contributed by atoms with Crippen LogP contribution in [0.3, 0.4) is 0 Å². The van der Waals surface area contributed by atoms with Crippen molar-refractivity contribution in [3.8, 4) is 5.75 Å². The van der Waals surface area contributed by atoms with Crippen molar-refractivity contribution in [3.05, 3.63) is 80.9 Å². The summed E-state index contributed by atoms with van der Waals surface area (Å²) in [6, 6.07) is 15.0. The number of nitrogens with zero attached hydrogens (tertiary/aromatic N) is 3. The number of hydrazone groups is 1. The molecule has 0 unspecified atom stereocenters. The lowest BCUT2D eigenvalue weighted by atomic mass is 9.92. The minimum atomic E-state index is -0.534. The molecule has 0 radical (unpaired) electrons. The van der Waals surface area contributed by atoms with Gasteiger partial charge >= 0.3 is 5.69 Å². The average molecular weight is 412 g/mol. The van der Waals surface area contributed by atoms with E-state index in [2.05, 4.69) is 25.7 Å². The van der Waals surface area contributed by atoms with Gasteiger partial charge in [0.2, 0.25) is 0 Å². The van der Waals surface area contributed by atoms with Crippen LogP contribution in [0.25, 0.3) is 0 Å². The Balaban J connectivity index is 1.67. The maximum absolute atomic E-state index is 11.5. The Morgan fingerprint density at radius 1 is 1.21 bits per heavy atom. The molecule has 1 heterocycles. The monoisotopic (exact) mass is 411 g/mol. The zero-order chi connectivity index (χ0) is 20.9. The summed E-state index contributed by atoms with van der Waals surface area (Å²) in [5, 5.41) is 11.3. The van der Waals surface area contributed by atoms with Crippen molar-refractivity contribution in [2.24, 2.45) is 5.10 Å². The highest BCUT2D eigenvalue weighted by Crippen LogP contribution is 2.24. The van der Waals surface area contributed by atoms with Crippen LogP contribution >= 0.6 is 11.6 Å². The number of anilines is 1. The molecule has 3 aromatic rings. The van der Waals surface area contributed by atoms with Gasteiger partial charge in [-0.2, -0.15) is 15.2 Å². The maximum atomic E-state index is 11.5. The molecule has 0 aliphatic heterocycles. The Bertz CT molecular complexity index is 1060. The standard InChI is InChI=1S/C21H22ClN5O2/c1-21(2,3)18-19(24-20(28)27-25-18)26-23-12-15-5-4-6-17(11-15)29-13-14-7-9-16(22)10-8-14/h4-12H,13H2,1-3H3,(H2,24,26,27,28)/b23-12+. The molecule has 1 aromatic heterocycles. The first-order valence-corrected chi connectivity index (χ1v) is 9.43. The molecular formula is C21H22ClN5O2. The van der Waals surface area contributed by atoms with E-state index >= 15 is 0 Å². The minimum absolute atomic E-state index is 0.301. The maximum Gasteiger partial charge on any atom is 0.363 e. The first kappa shape index (κ1) is 20.5. The highest BCUT2D eigenvalue weighted by molar-refractivity contribution is 6.30. The second-order valence-corrected chi connectivity index (χ2v) is 7.88. The summed E-state index contributed by atoms with van der Waals surface area (Å²) in [4.78, 5) is 15.4. The third-order valence-electron chi connectivity index (χ3n) is 3.97. The van der Waals surface area contributed by atoms with E-state index < -0.39 is 5.69 Å².